The van der Waals surface area contributed by atoms with Crippen LogP contribution in [0.25, 0.3) is 0 Å². The van der Waals surface area contributed by atoms with Crippen LogP contribution >= 0.6 is 12.4 Å². The van der Waals surface area contributed by atoms with Gasteiger partial charge in [0.05, 0.1) is 30.2 Å². The Hall–Kier alpha value is -1.29. The second kappa shape index (κ2) is 8.53. The number of sulfonamides is 1. The number of ether oxygens (including phenoxy) is 1. The van der Waals surface area contributed by atoms with Crippen LogP contribution in [0.5, 0.6) is 0 Å². The van der Waals surface area contributed by atoms with E-state index in [1.807, 2.05) is 0 Å². The normalized spacial score (nSPS) is 11.7. The Morgan fingerprint density at radius 3 is 2.52 bits per heavy atom. The molecule has 0 saturated carbocycles. The minimum absolute atomic E-state index is 0. The predicted molar refractivity (Wildman–Crippen MR) is 83.6 cm³/mol. The number of halogens is 3. The summed E-state index contributed by atoms with van der Waals surface area (Å²) in [6.45, 7) is 1.15. The molecule has 132 valence electrons. The molecule has 3 N–H and O–H groups in total. The molecule has 0 spiro atoms. The van der Waals surface area contributed by atoms with Crippen LogP contribution in [0, 0.1) is 6.92 Å². The molecule has 1 rings (SSSR count). The fourth-order valence-corrected chi connectivity index (χ4v) is 2.91. The number of rotatable bonds is 7. The Morgan fingerprint density at radius 1 is 1.39 bits per heavy atom. The van der Waals surface area contributed by atoms with Crippen LogP contribution in [-0.4, -0.2) is 40.0 Å². The van der Waals surface area contributed by atoms with E-state index in [4.69, 9.17) is 10.5 Å². The van der Waals surface area contributed by atoms with Crippen LogP contribution in [-0.2, 0) is 14.8 Å². The van der Waals surface area contributed by atoms with E-state index < -0.39 is 35.0 Å². The standard InChI is InChI=1S/C13H18F2N2O4S.ClH/c1-3-21-12(18)10-5-4-9(2)11(6-10)22(19,20)17-8-13(14,15)7-16;/h4-6,17H,3,7-8,16H2,1-2H3;1H. The number of alkyl halides is 2. The highest BCUT2D eigenvalue weighted by molar-refractivity contribution is 7.89. The first kappa shape index (κ1) is 21.7. The smallest absolute Gasteiger partial charge is 0.338 e. The number of nitrogens with two attached hydrogens (primary N) is 1. The van der Waals surface area contributed by atoms with E-state index in [1.54, 1.807) is 11.6 Å². The Labute approximate surface area is 139 Å². The zero-order valence-corrected chi connectivity index (χ0v) is 14.3. The Balaban J connectivity index is 0.00000484. The van der Waals surface area contributed by atoms with Gasteiger partial charge in [-0.3, -0.25) is 0 Å². The molecule has 0 aliphatic carbocycles. The molecule has 0 amide bonds. The lowest BCUT2D eigenvalue weighted by Gasteiger charge is -2.16. The van der Waals surface area contributed by atoms with Gasteiger partial charge >= 0.3 is 5.97 Å². The molecule has 10 heteroatoms. The summed E-state index contributed by atoms with van der Waals surface area (Å²) in [5, 5.41) is 0. The first-order chi connectivity index (χ1) is 10.1. The lowest BCUT2D eigenvalue weighted by atomic mass is 10.1. The molecule has 0 saturated heterocycles. The van der Waals surface area contributed by atoms with Gasteiger partial charge in [0.2, 0.25) is 10.0 Å². The van der Waals surface area contributed by atoms with E-state index in [-0.39, 0.29) is 29.5 Å². The first-order valence-electron chi connectivity index (χ1n) is 6.48. The monoisotopic (exact) mass is 372 g/mol. The maximum atomic E-state index is 13.1. The number of carbonyl (C=O) groups excluding carboxylic acids is 1. The van der Waals surface area contributed by atoms with E-state index in [1.165, 1.54) is 19.1 Å². The molecule has 0 aliphatic heterocycles. The number of benzene rings is 1. The largest absolute Gasteiger partial charge is 0.462 e. The third-order valence-electron chi connectivity index (χ3n) is 2.81. The average Bonchev–Trinajstić information content (AvgIpc) is 2.46. The maximum Gasteiger partial charge on any atom is 0.338 e. The number of carbonyl (C=O) groups is 1. The highest BCUT2D eigenvalue weighted by Gasteiger charge is 2.30. The molecule has 0 unspecified atom stereocenters. The first-order valence-corrected chi connectivity index (χ1v) is 7.96. The number of esters is 1. The van der Waals surface area contributed by atoms with Gasteiger partial charge in [-0.25, -0.2) is 26.7 Å². The number of nitrogens with one attached hydrogen (secondary N) is 1. The Bertz CT molecular complexity index is 653. The van der Waals surface area contributed by atoms with Crippen molar-refractivity contribution in [1.29, 1.82) is 0 Å². The van der Waals surface area contributed by atoms with Gasteiger partial charge in [0, 0.05) is 0 Å². The van der Waals surface area contributed by atoms with E-state index in [2.05, 4.69) is 0 Å². The molecule has 23 heavy (non-hydrogen) atoms. The molecule has 0 heterocycles. The van der Waals surface area contributed by atoms with Crippen LogP contribution in [0.4, 0.5) is 8.78 Å². The second-order valence-corrected chi connectivity index (χ2v) is 6.32. The van der Waals surface area contributed by atoms with E-state index in [9.17, 15) is 22.0 Å². The summed E-state index contributed by atoms with van der Waals surface area (Å²) < 4.78 is 57.0. The fraction of sp³-hybridized carbons (Fsp3) is 0.462. The second-order valence-electron chi connectivity index (χ2n) is 4.59. The summed E-state index contributed by atoms with van der Waals surface area (Å²) in [6, 6.07) is 3.90. The number of hydrogen-bond donors (Lipinski definition) is 2. The Kier molecular flexibility index (Phi) is 8.05. The van der Waals surface area contributed by atoms with Crippen molar-refractivity contribution in [2.24, 2.45) is 5.73 Å². The van der Waals surface area contributed by atoms with Crippen molar-refractivity contribution in [3.8, 4) is 0 Å². The predicted octanol–water partition coefficient (Wildman–Crippen LogP) is 1.47. The van der Waals surface area contributed by atoms with Crippen molar-refractivity contribution >= 4 is 28.4 Å². The highest BCUT2D eigenvalue weighted by atomic mass is 35.5. The summed E-state index contributed by atoms with van der Waals surface area (Å²) in [5.74, 6) is -4.04. The minimum Gasteiger partial charge on any atom is -0.462 e. The molecule has 0 aliphatic rings. The van der Waals surface area contributed by atoms with Gasteiger partial charge in [0.1, 0.15) is 0 Å². The molecule has 6 nitrogen and oxygen atoms in total. The van der Waals surface area contributed by atoms with E-state index in [0.717, 1.165) is 6.07 Å². The van der Waals surface area contributed by atoms with Gasteiger partial charge < -0.3 is 10.5 Å². The molecule has 0 fully saturated rings. The molecule has 1 aromatic carbocycles. The molecule has 0 radical (unpaired) electrons. The quantitative estimate of drug-likeness (QED) is 0.706. The van der Waals surface area contributed by atoms with Crippen LogP contribution in [0.15, 0.2) is 23.1 Å². The molecule has 0 atom stereocenters. The zero-order chi connectivity index (χ0) is 17.0. The van der Waals surface area contributed by atoms with E-state index >= 15 is 0 Å². The van der Waals surface area contributed by atoms with Crippen LogP contribution in [0.2, 0.25) is 0 Å². The highest BCUT2D eigenvalue weighted by Crippen LogP contribution is 2.19. The van der Waals surface area contributed by atoms with Crippen LogP contribution in [0.1, 0.15) is 22.8 Å². The molecular formula is C13H19ClF2N2O4S. The average molecular weight is 373 g/mol. The maximum absolute atomic E-state index is 13.1. The van der Waals surface area contributed by atoms with Crippen molar-refractivity contribution < 1.29 is 26.7 Å². The number of aryl methyl sites for hydroxylation is 1. The SMILES string of the molecule is CCOC(=O)c1ccc(C)c(S(=O)(=O)NCC(F)(F)CN)c1.Cl. The van der Waals surface area contributed by atoms with Gasteiger partial charge in [-0.2, -0.15) is 0 Å². The summed E-state index contributed by atoms with van der Waals surface area (Å²) in [4.78, 5) is 11.4. The Morgan fingerprint density at radius 2 is 2.00 bits per heavy atom. The lowest BCUT2D eigenvalue weighted by molar-refractivity contribution is 0.0170. The number of hydrogen-bond acceptors (Lipinski definition) is 5. The molecular weight excluding hydrogens is 354 g/mol. The summed E-state index contributed by atoms with van der Waals surface area (Å²) in [6.07, 6.45) is 0. The summed E-state index contributed by atoms with van der Waals surface area (Å²) in [7, 11) is -4.20. The zero-order valence-electron chi connectivity index (χ0n) is 12.6. The van der Waals surface area contributed by atoms with Crippen molar-refractivity contribution in [2.45, 2.75) is 24.7 Å². The topological polar surface area (TPSA) is 98.5 Å². The molecule has 0 aromatic heterocycles. The molecule has 0 bridgehead atoms. The third-order valence-corrected chi connectivity index (χ3v) is 4.35. The van der Waals surface area contributed by atoms with Crippen molar-refractivity contribution in [3.05, 3.63) is 29.3 Å². The minimum atomic E-state index is -4.20. The van der Waals surface area contributed by atoms with E-state index in [0.29, 0.717) is 5.56 Å². The fourth-order valence-electron chi connectivity index (χ4n) is 1.58. The lowest BCUT2D eigenvalue weighted by Crippen LogP contribution is -2.41. The third kappa shape index (κ3) is 6.02. The summed E-state index contributed by atoms with van der Waals surface area (Å²) >= 11 is 0. The van der Waals surface area contributed by atoms with Gasteiger partial charge in [-0.05, 0) is 31.5 Å². The van der Waals surface area contributed by atoms with Gasteiger partial charge in [-0.1, -0.05) is 6.07 Å². The van der Waals surface area contributed by atoms with Gasteiger partial charge in [-0.15, -0.1) is 12.4 Å². The van der Waals surface area contributed by atoms with Crippen molar-refractivity contribution in [1.82, 2.24) is 4.72 Å². The van der Waals surface area contributed by atoms with Crippen molar-refractivity contribution in [2.75, 3.05) is 19.7 Å². The van der Waals surface area contributed by atoms with Crippen LogP contribution in [0.3, 0.4) is 0 Å². The van der Waals surface area contributed by atoms with Crippen molar-refractivity contribution in [3.63, 3.8) is 0 Å². The van der Waals surface area contributed by atoms with Gasteiger partial charge in [0.15, 0.2) is 0 Å². The summed E-state index contributed by atoms with van der Waals surface area (Å²) in [5.41, 5.74) is 5.20. The van der Waals surface area contributed by atoms with Gasteiger partial charge in [0.25, 0.3) is 5.92 Å². The molecule has 1 aromatic rings. The van der Waals surface area contributed by atoms with Crippen LogP contribution < -0.4 is 10.5 Å².